The first kappa shape index (κ1) is 25.9. The summed E-state index contributed by atoms with van der Waals surface area (Å²) in [7, 11) is 0. The fourth-order valence-electron chi connectivity index (χ4n) is 2.80. The molecule has 34 heavy (non-hydrogen) atoms. The van der Waals surface area contributed by atoms with Crippen LogP contribution in [0.25, 0.3) is 6.08 Å². The highest BCUT2D eigenvalue weighted by Gasteiger charge is 2.17. The van der Waals surface area contributed by atoms with Crippen molar-refractivity contribution in [2.24, 2.45) is 0 Å². The molecule has 1 atom stereocenters. The van der Waals surface area contributed by atoms with Crippen LogP contribution in [0.1, 0.15) is 18.1 Å². The molecule has 0 aromatic heterocycles. The second kappa shape index (κ2) is 12.1. The van der Waals surface area contributed by atoms with Crippen LogP contribution in [-0.2, 0) is 20.9 Å². The summed E-state index contributed by atoms with van der Waals surface area (Å²) in [6, 6.07) is 16.9. The summed E-state index contributed by atoms with van der Waals surface area (Å²) in [5, 5.41) is 4.41. The first-order chi connectivity index (χ1) is 16.2. The quantitative estimate of drug-likeness (QED) is 0.239. The topological polar surface area (TPSA) is 64.6 Å². The molecule has 0 saturated carbocycles. The summed E-state index contributed by atoms with van der Waals surface area (Å²) in [6.45, 7) is 1.69. The molecule has 0 aliphatic carbocycles. The number of esters is 1. The Morgan fingerprint density at radius 1 is 0.941 bits per heavy atom. The number of carbonyl (C=O) groups excluding carboxylic acids is 2. The maximum atomic E-state index is 12.3. The van der Waals surface area contributed by atoms with Gasteiger partial charge in [0.05, 0.1) is 0 Å². The summed E-state index contributed by atoms with van der Waals surface area (Å²) in [4.78, 5) is 24.4. The fourth-order valence-corrected chi connectivity index (χ4v) is 3.83. The average molecular weight is 539 g/mol. The van der Waals surface area contributed by atoms with Gasteiger partial charge in [-0.1, -0.05) is 64.6 Å². The number of amides is 1. The van der Waals surface area contributed by atoms with Gasteiger partial charge in [0, 0.05) is 37.4 Å². The van der Waals surface area contributed by atoms with Gasteiger partial charge in [0.25, 0.3) is 5.91 Å². The SMILES string of the molecule is CC(OC(=O)C=Cc1ccc(OCc2c(Cl)cccc2Cl)cc1)C(=O)Nc1cc(Cl)cc(Cl)c1. The molecular formula is C25H19Cl4NO4. The Hall–Kier alpha value is -2.70. The normalized spacial score (nSPS) is 11.8. The van der Waals surface area contributed by atoms with Crippen LogP contribution < -0.4 is 10.1 Å². The van der Waals surface area contributed by atoms with Crippen molar-refractivity contribution in [3.8, 4) is 5.75 Å². The molecule has 0 aliphatic rings. The molecule has 9 heteroatoms. The third kappa shape index (κ3) is 7.67. The van der Waals surface area contributed by atoms with E-state index in [0.717, 1.165) is 5.56 Å². The van der Waals surface area contributed by atoms with Crippen molar-refractivity contribution >= 4 is 70.0 Å². The maximum Gasteiger partial charge on any atom is 0.331 e. The van der Waals surface area contributed by atoms with Crippen LogP contribution in [0.3, 0.4) is 0 Å². The van der Waals surface area contributed by atoms with Crippen molar-refractivity contribution in [1.82, 2.24) is 0 Å². The van der Waals surface area contributed by atoms with Crippen molar-refractivity contribution in [2.75, 3.05) is 5.32 Å². The summed E-state index contributed by atoms with van der Waals surface area (Å²) in [5.41, 5.74) is 1.85. The highest BCUT2D eigenvalue weighted by molar-refractivity contribution is 6.36. The van der Waals surface area contributed by atoms with E-state index in [0.29, 0.717) is 37.1 Å². The van der Waals surface area contributed by atoms with E-state index >= 15 is 0 Å². The van der Waals surface area contributed by atoms with Crippen molar-refractivity contribution < 1.29 is 19.1 Å². The highest BCUT2D eigenvalue weighted by Crippen LogP contribution is 2.26. The molecule has 0 saturated heterocycles. The third-order valence-electron chi connectivity index (χ3n) is 4.53. The first-order valence-electron chi connectivity index (χ1n) is 10.0. The van der Waals surface area contributed by atoms with Crippen LogP contribution >= 0.6 is 46.4 Å². The number of benzene rings is 3. The van der Waals surface area contributed by atoms with E-state index in [9.17, 15) is 9.59 Å². The molecule has 1 amide bonds. The van der Waals surface area contributed by atoms with Gasteiger partial charge in [-0.15, -0.1) is 0 Å². The summed E-state index contributed by atoms with van der Waals surface area (Å²) in [6.07, 6.45) is 1.78. The van der Waals surface area contributed by atoms with Crippen molar-refractivity contribution in [1.29, 1.82) is 0 Å². The van der Waals surface area contributed by atoms with E-state index in [-0.39, 0.29) is 6.61 Å². The molecule has 0 spiro atoms. The van der Waals surface area contributed by atoms with Crippen molar-refractivity contribution in [3.05, 3.63) is 98.0 Å². The minimum atomic E-state index is -1.03. The lowest BCUT2D eigenvalue weighted by Crippen LogP contribution is -2.29. The molecule has 3 aromatic rings. The molecule has 176 valence electrons. The van der Waals surface area contributed by atoms with Gasteiger partial charge in [-0.2, -0.15) is 0 Å². The van der Waals surface area contributed by atoms with Gasteiger partial charge in [0.2, 0.25) is 0 Å². The Balaban J connectivity index is 1.50. The average Bonchev–Trinajstić information content (AvgIpc) is 2.77. The third-order valence-corrected chi connectivity index (χ3v) is 5.67. The summed E-state index contributed by atoms with van der Waals surface area (Å²) in [5.74, 6) is -0.567. The van der Waals surface area contributed by atoms with E-state index in [2.05, 4.69) is 5.32 Å². The largest absolute Gasteiger partial charge is 0.489 e. The number of anilines is 1. The van der Waals surface area contributed by atoms with Crippen LogP contribution in [0.2, 0.25) is 20.1 Å². The Bertz CT molecular complexity index is 1170. The predicted octanol–water partition coefficient (Wildman–Crippen LogP) is 7.46. The van der Waals surface area contributed by atoms with Gasteiger partial charge in [-0.05, 0) is 61.0 Å². The molecule has 1 N–H and O–H groups in total. The molecular weight excluding hydrogens is 520 g/mol. The number of ether oxygens (including phenoxy) is 2. The Morgan fingerprint density at radius 3 is 2.18 bits per heavy atom. The second-order valence-electron chi connectivity index (χ2n) is 7.12. The predicted molar refractivity (Wildman–Crippen MR) is 137 cm³/mol. The zero-order valence-corrected chi connectivity index (χ0v) is 20.9. The van der Waals surface area contributed by atoms with Crippen molar-refractivity contribution in [2.45, 2.75) is 19.6 Å². The van der Waals surface area contributed by atoms with Gasteiger partial charge in [0.1, 0.15) is 12.4 Å². The number of hydrogen-bond acceptors (Lipinski definition) is 4. The van der Waals surface area contributed by atoms with Gasteiger partial charge in [0.15, 0.2) is 6.10 Å². The molecule has 0 fully saturated rings. The Labute approximate surface area is 217 Å². The minimum absolute atomic E-state index is 0.224. The number of carbonyl (C=O) groups is 2. The highest BCUT2D eigenvalue weighted by atomic mass is 35.5. The number of nitrogens with one attached hydrogen (secondary N) is 1. The molecule has 1 unspecified atom stereocenters. The van der Waals surface area contributed by atoms with E-state index in [1.165, 1.54) is 25.1 Å². The molecule has 0 heterocycles. The van der Waals surface area contributed by atoms with Crippen LogP contribution in [0.5, 0.6) is 5.75 Å². The van der Waals surface area contributed by atoms with Gasteiger partial charge < -0.3 is 14.8 Å². The van der Waals surface area contributed by atoms with Crippen LogP contribution in [0, 0.1) is 0 Å². The van der Waals surface area contributed by atoms with Crippen LogP contribution in [-0.4, -0.2) is 18.0 Å². The minimum Gasteiger partial charge on any atom is -0.489 e. The Kier molecular flexibility index (Phi) is 9.25. The monoisotopic (exact) mass is 537 g/mol. The van der Waals surface area contributed by atoms with E-state index in [1.54, 1.807) is 54.6 Å². The summed E-state index contributed by atoms with van der Waals surface area (Å²) < 4.78 is 10.9. The zero-order chi connectivity index (χ0) is 24.7. The fraction of sp³-hybridized carbons (Fsp3) is 0.120. The maximum absolute atomic E-state index is 12.3. The Morgan fingerprint density at radius 2 is 1.56 bits per heavy atom. The lowest BCUT2D eigenvalue weighted by atomic mass is 10.2. The van der Waals surface area contributed by atoms with E-state index in [1.807, 2.05) is 0 Å². The standard InChI is InChI=1S/C25H19Cl4NO4/c1-15(25(32)30-19-12-17(26)11-18(27)13-19)34-24(31)10-7-16-5-8-20(9-6-16)33-14-21-22(28)3-2-4-23(21)29/h2-13,15H,14H2,1H3,(H,30,32). The molecule has 0 bridgehead atoms. The van der Waals surface area contributed by atoms with Crippen LogP contribution in [0.4, 0.5) is 5.69 Å². The summed E-state index contributed by atoms with van der Waals surface area (Å²) >= 11 is 24.1. The molecule has 3 rings (SSSR count). The molecule has 3 aromatic carbocycles. The molecule has 5 nitrogen and oxygen atoms in total. The van der Waals surface area contributed by atoms with Crippen molar-refractivity contribution in [3.63, 3.8) is 0 Å². The lowest BCUT2D eigenvalue weighted by Gasteiger charge is -2.13. The van der Waals surface area contributed by atoms with Gasteiger partial charge >= 0.3 is 5.97 Å². The van der Waals surface area contributed by atoms with Crippen LogP contribution in [0.15, 0.2) is 66.7 Å². The lowest BCUT2D eigenvalue weighted by molar-refractivity contribution is -0.148. The van der Waals surface area contributed by atoms with E-state index in [4.69, 9.17) is 55.9 Å². The second-order valence-corrected chi connectivity index (χ2v) is 8.81. The first-order valence-corrected chi connectivity index (χ1v) is 11.5. The van der Waals surface area contributed by atoms with E-state index < -0.39 is 18.0 Å². The number of rotatable bonds is 8. The van der Waals surface area contributed by atoms with Gasteiger partial charge in [-0.25, -0.2) is 4.79 Å². The zero-order valence-electron chi connectivity index (χ0n) is 17.9. The molecule has 0 aliphatic heterocycles. The number of halogens is 4. The smallest absolute Gasteiger partial charge is 0.331 e. The van der Waals surface area contributed by atoms with Gasteiger partial charge in [-0.3, -0.25) is 4.79 Å². The number of hydrogen-bond donors (Lipinski definition) is 1. The molecule has 0 radical (unpaired) electrons.